The maximum atomic E-state index is 12.8. The fourth-order valence-corrected chi connectivity index (χ4v) is 4.94. The van der Waals surface area contributed by atoms with Crippen LogP contribution in [0.25, 0.3) is 22.0 Å². The minimum atomic E-state index is -4.34. The number of H-pyrrole nitrogens is 1. The van der Waals surface area contributed by atoms with Crippen LogP contribution in [-0.4, -0.2) is 21.7 Å². The van der Waals surface area contributed by atoms with Crippen LogP contribution in [0.15, 0.2) is 102 Å². The molecule has 0 radical (unpaired) electrons. The second kappa shape index (κ2) is 10.4. The summed E-state index contributed by atoms with van der Waals surface area (Å²) >= 11 is 1.57. The number of ether oxygens (including phenoxy) is 1. The second-order valence-electron chi connectivity index (χ2n) is 8.04. The zero-order chi connectivity index (χ0) is 25.0. The van der Waals surface area contributed by atoms with E-state index in [4.69, 9.17) is 4.74 Å². The maximum absolute atomic E-state index is 12.8. The van der Waals surface area contributed by atoms with Crippen molar-refractivity contribution < 1.29 is 22.2 Å². The molecule has 5 nitrogen and oxygen atoms in total. The standard InChI is InChI=1S/C19H14F3N3OS.C8H7N/c20-19(21,22)14-7-5-13(6-8-14)15-3-1-4-16-18(15)27-25(12-26-16)11-17-23-9-2-10-24-17;1-2-4-8-7(3-1)5-6-9-8/h1-10H,11-12H2;1-6,9H/p+1. The van der Waals surface area contributed by atoms with Crippen molar-refractivity contribution >= 4 is 22.9 Å². The van der Waals surface area contributed by atoms with Gasteiger partial charge in [-0.05, 0) is 47.3 Å². The van der Waals surface area contributed by atoms with Crippen LogP contribution in [0.2, 0.25) is 0 Å². The van der Waals surface area contributed by atoms with Gasteiger partial charge >= 0.3 is 6.18 Å². The SMILES string of the molecule is FC(F)(F)c1ccc(-c2cccc3c2S[NH+](Cc2ncccn2)CO3)cc1.c1ccc2[nH]ccc2c1. The largest absolute Gasteiger partial charge is 0.443 e. The minimum Gasteiger partial charge on any atom is -0.443 e. The van der Waals surface area contributed by atoms with Crippen molar-refractivity contribution in [3.8, 4) is 16.9 Å². The summed E-state index contributed by atoms with van der Waals surface area (Å²) < 4.78 is 45.3. The van der Waals surface area contributed by atoms with Crippen molar-refractivity contribution in [3.05, 3.63) is 109 Å². The van der Waals surface area contributed by atoms with E-state index in [0.29, 0.717) is 24.7 Å². The quantitative estimate of drug-likeness (QED) is 0.305. The number of benzene rings is 3. The molecule has 6 rings (SSSR count). The van der Waals surface area contributed by atoms with Crippen LogP contribution < -0.4 is 9.04 Å². The summed E-state index contributed by atoms with van der Waals surface area (Å²) in [7, 11) is 0. The summed E-state index contributed by atoms with van der Waals surface area (Å²) in [5.74, 6) is 1.44. The highest BCUT2D eigenvalue weighted by molar-refractivity contribution is 7.93. The molecular weight excluding hydrogens is 485 g/mol. The molecule has 1 unspecified atom stereocenters. The van der Waals surface area contributed by atoms with Crippen molar-refractivity contribution in [3.63, 3.8) is 0 Å². The van der Waals surface area contributed by atoms with E-state index < -0.39 is 11.7 Å². The molecule has 3 aromatic carbocycles. The number of halogens is 3. The summed E-state index contributed by atoms with van der Waals surface area (Å²) in [5.41, 5.74) is 2.11. The van der Waals surface area contributed by atoms with Crippen molar-refractivity contribution in [2.45, 2.75) is 17.6 Å². The molecule has 1 aliphatic heterocycles. The van der Waals surface area contributed by atoms with E-state index in [1.54, 1.807) is 30.4 Å². The van der Waals surface area contributed by atoms with Crippen LogP contribution in [0.3, 0.4) is 0 Å². The zero-order valence-corrected chi connectivity index (χ0v) is 19.8. The Hall–Kier alpha value is -3.82. The van der Waals surface area contributed by atoms with E-state index >= 15 is 0 Å². The predicted molar refractivity (Wildman–Crippen MR) is 133 cm³/mol. The zero-order valence-electron chi connectivity index (χ0n) is 19.0. The van der Waals surface area contributed by atoms with Crippen molar-refractivity contribution in [2.75, 3.05) is 6.73 Å². The lowest BCUT2D eigenvalue weighted by Gasteiger charge is -2.25. The molecule has 0 saturated heterocycles. The number of alkyl halides is 3. The highest BCUT2D eigenvalue weighted by atomic mass is 32.2. The van der Waals surface area contributed by atoms with Gasteiger partial charge in [0, 0.05) is 29.7 Å². The minimum absolute atomic E-state index is 0.451. The van der Waals surface area contributed by atoms with E-state index in [1.807, 2.05) is 36.5 Å². The lowest BCUT2D eigenvalue weighted by molar-refractivity contribution is -0.794. The number of hydrogen-bond acceptors (Lipinski definition) is 4. The summed E-state index contributed by atoms with van der Waals surface area (Å²) in [6.45, 7) is 1.03. The molecule has 0 aliphatic carbocycles. The first-order valence-electron chi connectivity index (χ1n) is 11.2. The first-order valence-corrected chi connectivity index (χ1v) is 12.0. The Bertz CT molecular complexity index is 1410. The van der Waals surface area contributed by atoms with Crippen LogP contribution in [0, 0.1) is 0 Å². The average Bonchev–Trinajstić information content (AvgIpc) is 3.38. The van der Waals surface area contributed by atoms with Gasteiger partial charge in [-0.1, -0.05) is 42.5 Å². The molecule has 0 bridgehead atoms. The summed E-state index contributed by atoms with van der Waals surface area (Å²) in [5, 5.41) is 1.28. The number of nitrogens with one attached hydrogen (secondary N) is 2. The van der Waals surface area contributed by atoms with Gasteiger partial charge in [-0.3, -0.25) is 0 Å². The first-order chi connectivity index (χ1) is 17.5. The molecule has 2 aromatic heterocycles. The third-order valence-corrected chi connectivity index (χ3v) is 6.75. The molecular formula is C27H22F3N4OS+. The fraction of sp³-hybridized carbons (Fsp3) is 0.111. The molecule has 9 heteroatoms. The first kappa shape index (κ1) is 23.9. The number of nitrogens with zero attached hydrogens (tertiary/aromatic N) is 2. The Kier molecular flexibility index (Phi) is 6.92. The molecule has 3 heterocycles. The van der Waals surface area contributed by atoms with Gasteiger partial charge < -0.3 is 9.72 Å². The molecule has 2 N–H and O–H groups in total. The number of fused-ring (bicyclic) bond motifs is 2. The molecule has 182 valence electrons. The highest BCUT2D eigenvalue weighted by Crippen LogP contribution is 2.39. The highest BCUT2D eigenvalue weighted by Gasteiger charge is 2.31. The van der Waals surface area contributed by atoms with Gasteiger partial charge in [-0.2, -0.15) is 13.2 Å². The lowest BCUT2D eigenvalue weighted by atomic mass is 10.0. The molecule has 0 amide bonds. The van der Waals surface area contributed by atoms with Gasteiger partial charge in [0.2, 0.25) is 6.73 Å². The number of aromatic amines is 1. The van der Waals surface area contributed by atoms with Crippen molar-refractivity contribution in [1.29, 1.82) is 0 Å². The normalized spacial score (nSPS) is 14.9. The Morgan fingerprint density at radius 3 is 2.42 bits per heavy atom. The predicted octanol–water partition coefficient (Wildman–Crippen LogP) is 5.77. The number of aromatic nitrogens is 3. The van der Waals surface area contributed by atoms with Gasteiger partial charge in [0.25, 0.3) is 0 Å². The van der Waals surface area contributed by atoms with Crippen molar-refractivity contribution in [1.82, 2.24) is 15.0 Å². The van der Waals surface area contributed by atoms with E-state index in [1.165, 1.54) is 23.0 Å². The van der Waals surface area contributed by atoms with Crippen molar-refractivity contribution in [2.24, 2.45) is 0 Å². The smallest absolute Gasteiger partial charge is 0.416 e. The monoisotopic (exact) mass is 507 g/mol. The van der Waals surface area contributed by atoms with E-state index in [9.17, 15) is 13.2 Å². The number of hydrogen-bond donors (Lipinski definition) is 2. The van der Waals surface area contributed by atoms with Gasteiger partial charge in [-0.15, -0.1) is 0 Å². The summed E-state index contributed by atoms with van der Waals surface area (Å²) in [6, 6.07) is 22.8. The summed E-state index contributed by atoms with van der Waals surface area (Å²) in [4.78, 5) is 12.5. The van der Waals surface area contributed by atoms with E-state index in [2.05, 4.69) is 33.2 Å². The van der Waals surface area contributed by atoms with E-state index in [-0.39, 0.29) is 0 Å². The maximum Gasteiger partial charge on any atom is 0.416 e. The number of para-hydroxylation sites is 1. The topological polar surface area (TPSA) is 55.2 Å². The van der Waals surface area contributed by atoms with Gasteiger partial charge in [0.15, 0.2) is 12.4 Å². The second-order valence-corrected chi connectivity index (χ2v) is 9.23. The fourth-order valence-electron chi connectivity index (χ4n) is 3.81. The Morgan fingerprint density at radius 1 is 0.889 bits per heavy atom. The third-order valence-electron chi connectivity index (χ3n) is 5.57. The van der Waals surface area contributed by atoms with Crippen LogP contribution in [0.5, 0.6) is 5.75 Å². The molecule has 5 aromatic rings. The average molecular weight is 508 g/mol. The molecule has 0 fully saturated rings. The molecule has 1 atom stereocenters. The van der Waals surface area contributed by atoms with E-state index in [0.717, 1.165) is 32.6 Å². The van der Waals surface area contributed by atoms with Gasteiger partial charge in [-0.25, -0.2) is 14.3 Å². The Labute approximate surface area is 210 Å². The van der Waals surface area contributed by atoms with Crippen LogP contribution in [0.4, 0.5) is 13.2 Å². The van der Waals surface area contributed by atoms with Crippen LogP contribution in [-0.2, 0) is 12.7 Å². The summed E-state index contributed by atoms with van der Waals surface area (Å²) in [6.07, 6.45) is 0.992. The van der Waals surface area contributed by atoms with Gasteiger partial charge in [0.1, 0.15) is 22.6 Å². The van der Waals surface area contributed by atoms with Crippen LogP contribution in [0.1, 0.15) is 11.4 Å². The third kappa shape index (κ3) is 5.53. The Morgan fingerprint density at radius 2 is 1.67 bits per heavy atom. The Balaban J connectivity index is 0.000000247. The molecule has 0 saturated carbocycles. The lowest BCUT2D eigenvalue weighted by Crippen LogP contribution is -3.05. The number of rotatable bonds is 3. The van der Waals surface area contributed by atoms with Crippen LogP contribution >= 0.6 is 11.9 Å². The molecule has 1 aliphatic rings. The molecule has 0 spiro atoms. The van der Waals surface area contributed by atoms with Gasteiger partial charge in [0.05, 0.1) is 5.56 Å². The molecule has 36 heavy (non-hydrogen) atoms. The number of quaternary nitrogens is 1.